The van der Waals surface area contributed by atoms with Gasteiger partial charge in [-0.2, -0.15) is 0 Å². The Morgan fingerprint density at radius 3 is 2.58 bits per heavy atom. The van der Waals surface area contributed by atoms with Crippen LogP contribution in [0.25, 0.3) is 0 Å². The number of nitrogens with one attached hydrogen (secondary N) is 2. The highest BCUT2D eigenvalue weighted by atomic mass is 16.7. The molecule has 0 radical (unpaired) electrons. The van der Waals surface area contributed by atoms with Crippen LogP contribution in [0.1, 0.15) is 49.2 Å². The molecule has 1 aromatic heterocycles. The lowest BCUT2D eigenvalue weighted by Crippen LogP contribution is -2.29. The van der Waals surface area contributed by atoms with Crippen molar-refractivity contribution in [3.63, 3.8) is 0 Å². The molecule has 240 valence electrons. The molecular weight excluding hydrogens is 570 g/mol. The van der Waals surface area contributed by atoms with Gasteiger partial charge in [0.25, 0.3) is 0 Å². The smallest absolute Gasteiger partial charge is 0.247 e. The molecular formula is C34H45N7O4. The predicted molar refractivity (Wildman–Crippen MR) is 180 cm³/mol. The van der Waals surface area contributed by atoms with Gasteiger partial charge in [-0.15, -0.1) is 0 Å². The van der Waals surface area contributed by atoms with E-state index in [1.165, 1.54) is 12.4 Å². The quantitative estimate of drug-likeness (QED) is 0.173. The molecule has 2 N–H and O–H groups in total. The summed E-state index contributed by atoms with van der Waals surface area (Å²) >= 11 is 0. The molecule has 0 saturated carbocycles. The van der Waals surface area contributed by atoms with Gasteiger partial charge < -0.3 is 25.2 Å². The average molecular weight is 616 g/mol. The number of anilines is 5. The number of hydroxylamine groups is 1. The number of carbonyl (C=O) groups is 2. The summed E-state index contributed by atoms with van der Waals surface area (Å²) in [4.78, 5) is 44.6. The van der Waals surface area contributed by atoms with Crippen LogP contribution in [-0.2, 0) is 9.63 Å². The minimum Gasteiger partial charge on any atom is -0.494 e. The zero-order valence-corrected chi connectivity index (χ0v) is 27.3. The van der Waals surface area contributed by atoms with E-state index >= 15 is 0 Å². The number of carbonyl (C=O) groups excluding carboxylic acids is 2. The van der Waals surface area contributed by atoms with Crippen molar-refractivity contribution in [1.82, 2.24) is 14.9 Å². The lowest BCUT2D eigenvalue weighted by Gasteiger charge is -2.26. The molecule has 1 fully saturated rings. The molecule has 11 nitrogen and oxygen atoms in total. The van der Waals surface area contributed by atoms with Crippen LogP contribution < -0.4 is 25.3 Å². The van der Waals surface area contributed by atoms with Crippen LogP contribution in [0.2, 0.25) is 0 Å². The second-order valence-electron chi connectivity index (χ2n) is 11.9. The Morgan fingerprint density at radius 1 is 1.11 bits per heavy atom. The molecule has 2 heterocycles. The molecule has 0 aliphatic carbocycles. The van der Waals surface area contributed by atoms with Crippen LogP contribution in [0.3, 0.4) is 0 Å². The summed E-state index contributed by atoms with van der Waals surface area (Å²) in [5.74, 6) is 1.66. The van der Waals surface area contributed by atoms with Crippen molar-refractivity contribution in [3.8, 4) is 5.75 Å². The average Bonchev–Trinajstić information content (AvgIpc) is 3.53. The number of ketones is 1. The van der Waals surface area contributed by atoms with E-state index < -0.39 is 0 Å². The van der Waals surface area contributed by atoms with E-state index in [-0.39, 0.29) is 29.6 Å². The zero-order valence-electron chi connectivity index (χ0n) is 27.3. The molecule has 0 spiro atoms. The van der Waals surface area contributed by atoms with Crippen molar-refractivity contribution in [1.29, 1.82) is 0 Å². The number of Topliss-reactive ketones (excluding diaryl/α,β-unsaturated/α-hetero) is 1. The van der Waals surface area contributed by atoms with Crippen molar-refractivity contribution in [2.24, 2.45) is 11.8 Å². The van der Waals surface area contributed by atoms with E-state index in [9.17, 15) is 9.59 Å². The van der Waals surface area contributed by atoms with Gasteiger partial charge in [-0.05, 0) is 43.8 Å². The van der Waals surface area contributed by atoms with Gasteiger partial charge in [-0.1, -0.05) is 45.5 Å². The summed E-state index contributed by atoms with van der Waals surface area (Å²) < 4.78 is 5.75. The Kier molecular flexibility index (Phi) is 11.1. The number of amides is 1. The van der Waals surface area contributed by atoms with Gasteiger partial charge in [0.15, 0.2) is 11.6 Å². The fraction of sp³-hybridized carbons (Fsp3) is 0.412. The van der Waals surface area contributed by atoms with Crippen molar-refractivity contribution >= 4 is 40.4 Å². The van der Waals surface area contributed by atoms with Crippen molar-refractivity contribution in [3.05, 3.63) is 72.6 Å². The Balaban J connectivity index is 1.62. The first-order valence-corrected chi connectivity index (χ1v) is 15.2. The molecule has 1 unspecified atom stereocenters. The van der Waals surface area contributed by atoms with E-state index in [0.717, 1.165) is 30.8 Å². The largest absolute Gasteiger partial charge is 0.494 e. The summed E-state index contributed by atoms with van der Waals surface area (Å²) in [5.41, 5.74) is 3.70. The summed E-state index contributed by atoms with van der Waals surface area (Å²) in [5, 5.41) is 8.02. The Labute approximate surface area is 266 Å². The van der Waals surface area contributed by atoms with Gasteiger partial charge in [0.2, 0.25) is 5.91 Å². The molecule has 2 aromatic carbocycles. The third kappa shape index (κ3) is 8.17. The standard InChI is InChI=1S/C34H45N7O4/c1-9-33(42)38-26-18-27(30(44-8)19-29(26)40(7)15-14-39(5)6)37-31-20-32(36-21-35-31)41-28(13-16-45-41)24-11-10-12-25(17-24)34(43)23(4)22(2)3/h9-12,17-23,28H,1,13-16H2,2-8H3,(H,38,42)(H,35,36,37)/t23?,28-/m1/s1. The van der Waals surface area contributed by atoms with E-state index in [1.54, 1.807) is 18.2 Å². The van der Waals surface area contributed by atoms with Crippen LogP contribution in [0.15, 0.2) is 61.4 Å². The minimum absolute atomic E-state index is 0.0678. The number of hydrogen-bond donors (Lipinski definition) is 2. The molecule has 1 aliphatic heterocycles. The van der Waals surface area contributed by atoms with Crippen molar-refractivity contribution in [2.75, 3.05) is 68.5 Å². The van der Waals surface area contributed by atoms with E-state index in [2.05, 4.69) is 50.8 Å². The maximum absolute atomic E-state index is 13.1. The lowest BCUT2D eigenvalue weighted by atomic mass is 9.88. The second kappa shape index (κ2) is 15.0. The molecule has 1 amide bonds. The maximum Gasteiger partial charge on any atom is 0.247 e. The SMILES string of the molecule is C=CC(=O)Nc1cc(Nc2cc(N3OCC[C@@H]3c3cccc(C(=O)C(C)C(C)C)c3)ncn2)c(OC)cc1N(C)CCN(C)C. The Bertz CT molecular complexity index is 1510. The molecule has 45 heavy (non-hydrogen) atoms. The summed E-state index contributed by atoms with van der Waals surface area (Å²) in [6, 6.07) is 13.2. The first-order valence-electron chi connectivity index (χ1n) is 15.2. The second-order valence-corrected chi connectivity index (χ2v) is 11.9. The molecule has 1 aliphatic rings. The highest BCUT2D eigenvalue weighted by Gasteiger charge is 2.30. The number of ether oxygens (including phenoxy) is 1. The minimum atomic E-state index is -0.320. The molecule has 2 atom stereocenters. The van der Waals surface area contributed by atoms with Crippen LogP contribution in [0.5, 0.6) is 5.75 Å². The van der Waals surface area contributed by atoms with Crippen LogP contribution in [-0.4, -0.2) is 74.5 Å². The topological polar surface area (TPSA) is 112 Å². The lowest BCUT2D eigenvalue weighted by molar-refractivity contribution is -0.111. The van der Waals surface area contributed by atoms with Crippen LogP contribution in [0.4, 0.5) is 28.7 Å². The van der Waals surface area contributed by atoms with Crippen molar-refractivity contribution in [2.45, 2.75) is 33.2 Å². The van der Waals surface area contributed by atoms with Gasteiger partial charge in [0, 0.05) is 50.2 Å². The number of methoxy groups -OCH3 is 1. The summed E-state index contributed by atoms with van der Waals surface area (Å²) in [6.07, 6.45) is 3.45. The van der Waals surface area contributed by atoms with E-state index in [1.807, 2.05) is 64.5 Å². The zero-order chi connectivity index (χ0) is 32.7. The molecule has 11 heteroatoms. The third-order valence-electron chi connectivity index (χ3n) is 8.07. The molecule has 1 saturated heterocycles. The fourth-order valence-electron chi connectivity index (χ4n) is 5.04. The number of benzene rings is 2. The number of nitrogens with zero attached hydrogens (tertiary/aromatic N) is 5. The monoisotopic (exact) mass is 615 g/mol. The van der Waals surface area contributed by atoms with E-state index in [0.29, 0.717) is 40.9 Å². The molecule has 4 rings (SSSR count). The normalized spacial score (nSPS) is 15.2. The Morgan fingerprint density at radius 2 is 1.89 bits per heavy atom. The van der Waals surface area contributed by atoms with Gasteiger partial charge >= 0.3 is 0 Å². The predicted octanol–water partition coefficient (Wildman–Crippen LogP) is 5.71. The Hall–Kier alpha value is -4.48. The highest BCUT2D eigenvalue weighted by Crippen LogP contribution is 2.39. The fourth-order valence-corrected chi connectivity index (χ4v) is 5.04. The van der Waals surface area contributed by atoms with Gasteiger partial charge in [0.1, 0.15) is 17.9 Å². The number of rotatable bonds is 14. The number of hydrogen-bond acceptors (Lipinski definition) is 10. The number of aromatic nitrogens is 2. The third-order valence-corrected chi connectivity index (χ3v) is 8.07. The summed E-state index contributed by atoms with van der Waals surface area (Å²) in [6.45, 7) is 11.8. The highest BCUT2D eigenvalue weighted by molar-refractivity contribution is 6.02. The summed E-state index contributed by atoms with van der Waals surface area (Å²) in [7, 11) is 7.59. The van der Waals surface area contributed by atoms with Crippen LogP contribution in [0, 0.1) is 11.8 Å². The van der Waals surface area contributed by atoms with Gasteiger partial charge in [0.05, 0.1) is 36.8 Å². The van der Waals surface area contributed by atoms with Gasteiger partial charge in [-0.3, -0.25) is 14.4 Å². The maximum atomic E-state index is 13.1. The van der Waals surface area contributed by atoms with E-state index in [4.69, 9.17) is 9.57 Å². The molecule has 0 bridgehead atoms. The first kappa shape index (κ1) is 33.4. The van der Waals surface area contributed by atoms with Crippen LogP contribution >= 0.6 is 0 Å². The first-order chi connectivity index (χ1) is 21.5. The van der Waals surface area contributed by atoms with Gasteiger partial charge in [-0.25, -0.2) is 15.0 Å². The molecule has 3 aromatic rings. The number of likely N-dealkylation sites (N-methyl/N-ethyl adjacent to an activating group) is 2. The van der Waals surface area contributed by atoms with Crippen molar-refractivity contribution < 1.29 is 19.2 Å².